The van der Waals surface area contributed by atoms with Crippen molar-refractivity contribution in [2.75, 3.05) is 26.2 Å². The fourth-order valence-electron chi connectivity index (χ4n) is 1.57. The highest BCUT2D eigenvalue weighted by Gasteiger charge is 2.18. The average molecular weight is 300 g/mol. The molecule has 5 nitrogen and oxygen atoms in total. The van der Waals surface area contributed by atoms with E-state index in [1.165, 1.54) is 0 Å². The Morgan fingerprint density at radius 2 is 2.24 bits per heavy atom. The molecule has 1 aliphatic heterocycles. The predicted octanol–water partition coefficient (Wildman–Crippen LogP) is 1.56. The molecular weight excluding hydrogens is 286 g/mol. The Morgan fingerprint density at radius 1 is 1.53 bits per heavy atom. The van der Waals surface area contributed by atoms with E-state index in [0.717, 1.165) is 23.1 Å². The van der Waals surface area contributed by atoms with Gasteiger partial charge in [0, 0.05) is 42.9 Å². The third kappa shape index (κ3) is 3.17. The molecule has 2 heterocycles. The Morgan fingerprint density at radius 3 is 2.88 bits per heavy atom. The normalized spacial score (nSPS) is 15.8. The van der Waals surface area contributed by atoms with Gasteiger partial charge in [-0.25, -0.2) is 9.78 Å². The van der Waals surface area contributed by atoms with Crippen molar-refractivity contribution in [3.8, 4) is 5.88 Å². The molecule has 0 bridgehead atoms. The van der Waals surface area contributed by atoms with Crippen molar-refractivity contribution >= 4 is 22.0 Å². The lowest BCUT2D eigenvalue weighted by molar-refractivity contribution is 0.144. The number of rotatable bonds is 1. The van der Waals surface area contributed by atoms with Crippen LogP contribution in [-0.2, 0) is 0 Å². The Bertz CT molecular complexity index is 419. The number of hydrogen-bond donors (Lipinski definition) is 1. The van der Waals surface area contributed by atoms with Gasteiger partial charge in [0.15, 0.2) is 0 Å². The lowest BCUT2D eigenvalue weighted by Gasteiger charge is -2.26. The number of halogens is 1. The average Bonchev–Trinajstić information content (AvgIpc) is 2.35. The maximum absolute atomic E-state index is 11.8. The molecule has 6 heteroatoms. The van der Waals surface area contributed by atoms with Crippen LogP contribution in [0.2, 0.25) is 0 Å². The minimum absolute atomic E-state index is 0.333. The van der Waals surface area contributed by atoms with Gasteiger partial charge >= 0.3 is 6.09 Å². The summed E-state index contributed by atoms with van der Waals surface area (Å²) in [5.74, 6) is 0.342. The van der Waals surface area contributed by atoms with Crippen molar-refractivity contribution in [3.63, 3.8) is 0 Å². The monoisotopic (exact) mass is 299 g/mol. The lowest BCUT2D eigenvalue weighted by atomic mass is 10.3. The van der Waals surface area contributed by atoms with Crippen molar-refractivity contribution in [2.45, 2.75) is 6.92 Å². The maximum Gasteiger partial charge on any atom is 0.416 e. The van der Waals surface area contributed by atoms with Gasteiger partial charge < -0.3 is 15.0 Å². The van der Waals surface area contributed by atoms with Gasteiger partial charge in [-0.1, -0.05) is 0 Å². The lowest BCUT2D eigenvalue weighted by Crippen LogP contribution is -2.47. The van der Waals surface area contributed by atoms with Crippen LogP contribution >= 0.6 is 15.9 Å². The molecule has 1 aliphatic rings. The number of nitrogens with one attached hydrogen (secondary N) is 1. The highest BCUT2D eigenvalue weighted by Crippen LogP contribution is 2.19. The molecule has 0 atom stereocenters. The first-order valence-electron chi connectivity index (χ1n) is 5.46. The zero-order valence-corrected chi connectivity index (χ0v) is 11.2. The summed E-state index contributed by atoms with van der Waals surface area (Å²) in [5, 5.41) is 3.18. The first kappa shape index (κ1) is 12.3. The summed E-state index contributed by atoms with van der Waals surface area (Å²) in [4.78, 5) is 17.5. The number of pyridine rings is 1. The van der Waals surface area contributed by atoms with Crippen LogP contribution in [0.15, 0.2) is 16.7 Å². The Kier molecular flexibility index (Phi) is 3.96. The van der Waals surface area contributed by atoms with Crippen molar-refractivity contribution in [1.82, 2.24) is 15.2 Å². The van der Waals surface area contributed by atoms with Crippen LogP contribution in [0.5, 0.6) is 5.88 Å². The molecule has 1 fully saturated rings. The molecule has 0 unspecified atom stereocenters. The Balaban J connectivity index is 1.99. The highest BCUT2D eigenvalue weighted by atomic mass is 79.9. The minimum atomic E-state index is -0.333. The zero-order valence-electron chi connectivity index (χ0n) is 9.57. The largest absolute Gasteiger partial charge is 0.416 e. The van der Waals surface area contributed by atoms with E-state index in [1.54, 1.807) is 17.2 Å². The predicted molar refractivity (Wildman–Crippen MR) is 67.1 cm³/mol. The number of carbonyl (C=O) groups excluding carboxylic acids is 1. The molecule has 1 amide bonds. The minimum Gasteiger partial charge on any atom is -0.391 e. The summed E-state index contributed by atoms with van der Waals surface area (Å²) >= 11 is 3.35. The van der Waals surface area contributed by atoms with Crippen molar-refractivity contribution < 1.29 is 9.53 Å². The SMILES string of the molecule is Cc1cc(OC(=O)N2CCNCC2)ncc1Br. The molecule has 0 radical (unpaired) electrons. The van der Waals surface area contributed by atoms with Crippen LogP contribution in [0.3, 0.4) is 0 Å². The van der Waals surface area contributed by atoms with Crippen molar-refractivity contribution in [2.24, 2.45) is 0 Å². The summed E-state index contributed by atoms with van der Waals surface area (Å²) in [7, 11) is 0. The van der Waals surface area contributed by atoms with E-state index in [-0.39, 0.29) is 6.09 Å². The molecule has 0 aliphatic carbocycles. The van der Waals surface area contributed by atoms with E-state index in [9.17, 15) is 4.79 Å². The van der Waals surface area contributed by atoms with Crippen molar-refractivity contribution in [3.05, 3.63) is 22.3 Å². The van der Waals surface area contributed by atoms with Gasteiger partial charge in [0.05, 0.1) is 0 Å². The van der Waals surface area contributed by atoms with E-state index < -0.39 is 0 Å². The van der Waals surface area contributed by atoms with Gasteiger partial charge in [-0.05, 0) is 28.4 Å². The first-order chi connectivity index (χ1) is 8.16. The van der Waals surface area contributed by atoms with Crippen LogP contribution in [0, 0.1) is 6.92 Å². The quantitative estimate of drug-likeness (QED) is 0.855. The van der Waals surface area contributed by atoms with Gasteiger partial charge in [-0.15, -0.1) is 0 Å². The molecule has 2 rings (SSSR count). The van der Waals surface area contributed by atoms with Gasteiger partial charge in [-0.2, -0.15) is 0 Å². The number of aryl methyl sites for hydroxylation is 1. The van der Waals surface area contributed by atoms with Crippen LogP contribution in [0.1, 0.15) is 5.56 Å². The smallest absolute Gasteiger partial charge is 0.391 e. The van der Waals surface area contributed by atoms with Crippen LogP contribution in [0.4, 0.5) is 4.79 Å². The Labute approximate surface area is 108 Å². The molecule has 0 saturated carbocycles. The maximum atomic E-state index is 11.8. The molecule has 92 valence electrons. The van der Waals surface area contributed by atoms with Gasteiger partial charge in [0.1, 0.15) is 0 Å². The number of hydrogen-bond acceptors (Lipinski definition) is 4. The number of nitrogens with zero attached hydrogens (tertiary/aromatic N) is 2. The van der Waals surface area contributed by atoms with Crippen LogP contribution < -0.4 is 10.1 Å². The standard InChI is InChI=1S/C11H14BrN3O2/c1-8-6-10(14-7-9(8)12)17-11(16)15-4-2-13-3-5-15/h6-7,13H,2-5H2,1H3. The second-order valence-electron chi connectivity index (χ2n) is 3.88. The highest BCUT2D eigenvalue weighted by molar-refractivity contribution is 9.10. The van der Waals surface area contributed by atoms with E-state index in [2.05, 4.69) is 26.2 Å². The van der Waals surface area contributed by atoms with Crippen LogP contribution in [-0.4, -0.2) is 42.2 Å². The summed E-state index contributed by atoms with van der Waals surface area (Å²) in [6.07, 6.45) is 1.30. The molecule has 17 heavy (non-hydrogen) atoms. The summed E-state index contributed by atoms with van der Waals surface area (Å²) in [5.41, 5.74) is 0.989. The third-order valence-electron chi connectivity index (χ3n) is 2.59. The van der Waals surface area contributed by atoms with Gasteiger partial charge in [-0.3, -0.25) is 0 Å². The number of ether oxygens (including phenoxy) is 1. The van der Waals surface area contributed by atoms with E-state index in [1.807, 2.05) is 6.92 Å². The van der Waals surface area contributed by atoms with E-state index >= 15 is 0 Å². The number of aromatic nitrogens is 1. The third-order valence-corrected chi connectivity index (χ3v) is 3.42. The van der Waals surface area contributed by atoms with E-state index in [0.29, 0.717) is 19.0 Å². The molecule has 0 spiro atoms. The molecule has 1 saturated heterocycles. The molecular formula is C11H14BrN3O2. The second kappa shape index (κ2) is 5.46. The van der Waals surface area contributed by atoms with Crippen molar-refractivity contribution in [1.29, 1.82) is 0 Å². The first-order valence-corrected chi connectivity index (χ1v) is 6.26. The molecule has 1 aromatic heterocycles. The zero-order chi connectivity index (χ0) is 12.3. The van der Waals surface area contributed by atoms with Gasteiger partial charge in [0.2, 0.25) is 5.88 Å². The summed E-state index contributed by atoms with van der Waals surface area (Å²) in [6, 6.07) is 1.74. The summed E-state index contributed by atoms with van der Waals surface area (Å²) < 4.78 is 6.12. The molecule has 1 aromatic rings. The Hall–Kier alpha value is -1.14. The fraction of sp³-hybridized carbons (Fsp3) is 0.455. The molecule has 1 N–H and O–H groups in total. The number of piperazine rings is 1. The molecule has 0 aromatic carbocycles. The topological polar surface area (TPSA) is 54.5 Å². The second-order valence-corrected chi connectivity index (χ2v) is 4.73. The summed E-state index contributed by atoms with van der Waals surface area (Å²) in [6.45, 7) is 4.89. The number of carbonyl (C=O) groups is 1. The van der Waals surface area contributed by atoms with Gasteiger partial charge in [0.25, 0.3) is 0 Å². The van der Waals surface area contributed by atoms with E-state index in [4.69, 9.17) is 4.74 Å². The fourth-order valence-corrected chi connectivity index (χ4v) is 1.79. The van der Waals surface area contributed by atoms with Crippen LogP contribution in [0.25, 0.3) is 0 Å². The number of amides is 1.